The maximum Gasteiger partial charge on any atom is 0.276 e. The monoisotopic (exact) mass is 323 g/mol. The van der Waals surface area contributed by atoms with Gasteiger partial charge in [-0.25, -0.2) is 4.39 Å². The summed E-state index contributed by atoms with van der Waals surface area (Å²) in [4.78, 5) is 26.5. The first-order valence-electron chi connectivity index (χ1n) is 7.63. The van der Waals surface area contributed by atoms with Gasteiger partial charge < -0.3 is 9.64 Å². The zero-order valence-electron chi connectivity index (χ0n) is 12.7. The lowest BCUT2D eigenvalue weighted by Crippen LogP contribution is -2.44. The molecule has 2 aromatic rings. The van der Waals surface area contributed by atoms with Crippen molar-refractivity contribution in [3.63, 3.8) is 0 Å². The van der Waals surface area contributed by atoms with E-state index >= 15 is 0 Å². The highest BCUT2D eigenvalue weighted by Crippen LogP contribution is 2.47. The Balaban J connectivity index is 1.82. The lowest BCUT2D eigenvalue weighted by molar-refractivity contribution is -0.143. The number of ether oxygens (including phenoxy) is 1. The van der Waals surface area contributed by atoms with Crippen molar-refractivity contribution >= 4 is 17.4 Å². The van der Waals surface area contributed by atoms with Gasteiger partial charge in [0.25, 0.3) is 5.91 Å². The zero-order chi connectivity index (χ0) is 16.7. The predicted octanol–water partition coefficient (Wildman–Crippen LogP) is 3.07. The van der Waals surface area contributed by atoms with Crippen LogP contribution >= 0.6 is 0 Å². The molecule has 1 amide bonds. The van der Waals surface area contributed by atoms with E-state index in [9.17, 15) is 14.0 Å². The van der Waals surface area contributed by atoms with Crippen LogP contribution < -0.4 is 4.90 Å². The molecule has 2 aliphatic rings. The van der Waals surface area contributed by atoms with Crippen molar-refractivity contribution in [3.8, 4) is 0 Å². The van der Waals surface area contributed by atoms with Crippen LogP contribution in [0.2, 0.25) is 0 Å². The molecule has 0 saturated heterocycles. The molecule has 1 spiro atoms. The molecule has 0 saturated carbocycles. The van der Waals surface area contributed by atoms with Crippen LogP contribution in [0.3, 0.4) is 0 Å². The van der Waals surface area contributed by atoms with Gasteiger partial charge in [-0.05, 0) is 23.8 Å². The van der Waals surface area contributed by atoms with Crippen LogP contribution in [0.1, 0.15) is 17.5 Å². The van der Waals surface area contributed by atoms with Crippen molar-refractivity contribution in [2.75, 3.05) is 4.90 Å². The number of rotatable bonds is 2. The number of hydrogen-bond acceptors (Lipinski definition) is 3. The Kier molecular flexibility index (Phi) is 3.23. The first-order valence-corrected chi connectivity index (χ1v) is 7.63. The normalized spacial score (nSPS) is 22.0. The van der Waals surface area contributed by atoms with Crippen molar-refractivity contribution < 1.29 is 18.7 Å². The van der Waals surface area contributed by atoms with Crippen molar-refractivity contribution in [2.24, 2.45) is 0 Å². The van der Waals surface area contributed by atoms with Crippen LogP contribution in [-0.4, -0.2) is 11.7 Å². The predicted molar refractivity (Wildman–Crippen MR) is 85.6 cm³/mol. The zero-order valence-corrected chi connectivity index (χ0v) is 12.7. The number of carbonyl (C=O) groups is 2. The van der Waals surface area contributed by atoms with Gasteiger partial charge in [0.05, 0.1) is 24.9 Å². The summed E-state index contributed by atoms with van der Waals surface area (Å²) >= 11 is 0. The second-order valence-electron chi connectivity index (χ2n) is 5.93. The molecule has 2 aliphatic heterocycles. The molecule has 2 aromatic carbocycles. The summed E-state index contributed by atoms with van der Waals surface area (Å²) in [6, 6.07) is 13.7. The summed E-state index contributed by atoms with van der Waals surface area (Å²) < 4.78 is 19.4. The van der Waals surface area contributed by atoms with Gasteiger partial charge in [0.2, 0.25) is 5.60 Å². The number of anilines is 1. The Labute approximate surface area is 138 Å². The maximum absolute atomic E-state index is 13.8. The third kappa shape index (κ3) is 2.12. The highest BCUT2D eigenvalue weighted by atomic mass is 19.1. The van der Waals surface area contributed by atoms with E-state index in [2.05, 4.69) is 0 Å². The fourth-order valence-electron chi connectivity index (χ4n) is 3.29. The van der Waals surface area contributed by atoms with E-state index in [1.165, 1.54) is 24.5 Å². The number of carbonyl (C=O) groups excluding carboxylic acids is 2. The van der Waals surface area contributed by atoms with Gasteiger partial charge in [-0.3, -0.25) is 9.59 Å². The number of hydrogen-bond donors (Lipinski definition) is 0. The van der Waals surface area contributed by atoms with E-state index in [0.717, 1.165) is 5.56 Å². The molecule has 0 bridgehead atoms. The lowest BCUT2D eigenvalue weighted by Gasteiger charge is -2.29. The maximum atomic E-state index is 13.8. The van der Waals surface area contributed by atoms with Gasteiger partial charge in [-0.1, -0.05) is 30.3 Å². The molecule has 5 heteroatoms. The summed E-state index contributed by atoms with van der Waals surface area (Å²) in [5.41, 5.74) is 0.461. The average Bonchev–Trinajstić information content (AvgIpc) is 2.78. The minimum absolute atomic E-state index is 0.121. The highest BCUT2D eigenvalue weighted by Gasteiger charge is 2.54. The minimum atomic E-state index is -1.46. The first-order chi connectivity index (χ1) is 11.6. The molecule has 120 valence electrons. The van der Waals surface area contributed by atoms with Crippen LogP contribution in [0.25, 0.3) is 0 Å². The SMILES string of the molecule is O=C1C=CO[C@]2(C1)C(=O)N(Cc1ccccc1)c1ccc(F)cc12. The Bertz CT molecular complexity index is 862. The van der Waals surface area contributed by atoms with Crippen LogP contribution in [-0.2, 0) is 26.5 Å². The third-order valence-electron chi connectivity index (χ3n) is 4.40. The molecule has 0 aliphatic carbocycles. The second kappa shape index (κ2) is 5.30. The lowest BCUT2D eigenvalue weighted by atomic mass is 9.88. The molecule has 4 rings (SSSR count). The summed E-state index contributed by atoms with van der Waals surface area (Å²) in [5.74, 6) is -1.02. The van der Waals surface area contributed by atoms with Crippen LogP contribution in [0.4, 0.5) is 10.1 Å². The Morgan fingerprint density at radius 3 is 2.67 bits per heavy atom. The largest absolute Gasteiger partial charge is 0.480 e. The van der Waals surface area contributed by atoms with E-state index < -0.39 is 11.4 Å². The number of halogens is 1. The summed E-state index contributed by atoms with van der Waals surface area (Å²) in [6.07, 6.45) is 2.39. The van der Waals surface area contributed by atoms with Crippen LogP contribution in [0, 0.1) is 5.82 Å². The molecule has 0 radical (unpaired) electrons. The van der Waals surface area contributed by atoms with Crippen LogP contribution in [0.15, 0.2) is 60.9 Å². The molecular weight excluding hydrogens is 309 g/mol. The molecule has 0 fully saturated rings. The molecule has 2 heterocycles. The van der Waals surface area contributed by atoms with Gasteiger partial charge in [0.15, 0.2) is 5.78 Å². The number of ketones is 1. The molecule has 24 heavy (non-hydrogen) atoms. The fourth-order valence-corrected chi connectivity index (χ4v) is 3.29. The Hall–Kier alpha value is -2.95. The van der Waals surface area contributed by atoms with E-state index in [-0.39, 0.29) is 18.1 Å². The number of allylic oxidation sites excluding steroid dienone is 1. The van der Waals surface area contributed by atoms with Gasteiger partial charge in [-0.15, -0.1) is 0 Å². The van der Waals surface area contributed by atoms with Crippen molar-refractivity contribution in [1.29, 1.82) is 0 Å². The second-order valence-corrected chi connectivity index (χ2v) is 5.93. The smallest absolute Gasteiger partial charge is 0.276 e. The quantitative estimate of drug-likeness (QED) is 0.853. The van der Waals surface area contributed by atoms with Gasteiger partial charge in [0.1, 0.15) is 5.82 Å². The fraction of sp³-hybridized carbons (Fsp3) is 0.158. The number of benzene rings is 2. The van der Waals surface area contributed by atoms with E-state index in [1.807, 2.05) is 30.3 Å². The van der Waals surface area contributed by atoms with Gasteiger partial charge in [0, 0.05) is 11.6 Å². The molecule has 0 unspecified atom stereocenters. The number of nitrogens with zero attached hydrogens (tertiary/aromatic N) is 1. The number of amides is 1. The van der Waals surface area contributed by atoms with Gasteiger partial charge in [-0.2, -0.15) is 0 Å². The molecule has 1 atom stereocenters. The van der Waals surface area contributed by atoms with E-state index in [1.54, 1.807) is 11.0 Å². The standard InChI is InChI=1S/C19H14FNO3/c20-14-6-7-17-16(10-14)19(11-15(22)8-9-24-19)18(23)21(17)12-13-4-2-1-3-5-13/h1-10H,11-12H2/t19-/m0/s1. The van der Waals surface area contributed by atoms with E-state index in [0.29, 0.717) is 17.8 Å². The molecular formula is C19H14FNO3. The molecule has 0 aromatic heterocycles. The number of fused-ring (bicyclic) bond motifs is 2. The topological polar surface area (TPSA) is 46.6 Å². The van der Waals surface area contributed by atoms with Crippen molar-refractivity contribution in [2.45, 2.75) is 18.6 Å². The molecule has 4 nitrogen and oxygen atoms in total. The highest BCUT2D eigenvalue weighted by molar-refractivity contribution is 6.10. The first kappa shape index (κ1) is 14.6. The van der Waals surface area contributed by atoms with Crippen molar-refractivity contribution in [3.05, 3.63) is 77.8 Å². The van der Waals surface area contributed by atoms with Gasteiger partial charge >= 0.3 is 0 Å². The summed E-state index contributed by atoms with van der Waals surface area (Å²) in [7, 11) is 0. The summed E-state index contributed by atoms with van der Waals surface area (Å²) in [5, 5.41) is 0. The van der Waals surface area contributed by atoms with E-state index in [4.69, 9.17) is 4.74 Å². The minimum Gasteiger partial charge on any atom is -0.480 e. The Morgan fingerprint density at radius 1 is 1.12 bits per heavy atom. The molecule has 0 N–H and O–H groups in total. The van der Waals surface area contributed by atoms with Crippen LogP contribution in [0.5, 0.6) is 0 Å². The average molecular weight is 323 g/mol. The third-order valence-corrected chi connectivity index (χ3v) is 4.40. The summed E-state index contributed by atoms with van der Waals surface area (Å²) in [6.45, 7) is 0.335. The Morgan fingerprint density at radius 2 is 1.92 bits per heavy atom. The van der Waals surface area contributed by atoms with Crippen molar-refractivity contribution in [1.82, 2.24) is 0 Å².